The minimum absolute atomic E-state index is 0.218. The third-order valence-electron chi connectivity index (χ3n) is 2.39. The van der Waals surface area contributed by atoms with Crippen molar-refractivity contribution >= 4 is 0 Å². The van der Waals surface area contributed by atoms with Crippen LogP contribution in [0.25, 0.3) is 0 Å². The minimum Gasteiger partial charge on any atom is -0.261 e. The van der Waals surface area contributed by atoms with E-state index in [1.807, 2.05) is 6.20 Å². The van der Waals surface area contributed by atoms with E-state index in [-0.39, 0.29) is 5.41 Å². The van der Waals surface area contributed by atoms with E-state index in [0.29, 0.717) is 5.41 Å². The van der Waals surface area contributed by atoms with Crippen molar-refractivity contribution in [3.8, 4) is 0 Å². The maximum atomic E-state index is 4.44. The van der Waals surface area contributed by atoms with Crippen LogP contribution in [0.1, 0.15) is 52.8 Å². The molecule has 0 spiro atoms. The largest absolute Gasteiger partial charge is 0.261 e. The summed E-state index contributed by atoms with van der Waals surface area (Å²) in [4.78, 5) is 4.44. The molecule has 1 heteroatoms. The highest BCUT2D eigenvalue weighted by molar-refractivity contribution is 5.23. The summed E-state index contributed by atoms with van der Waals surface area (Å²) in [5.41, 5.74) is 3.10. The standard InChI is InChI=1S/C14H23N/c1-13(2,3)10-12-9-11(7-8-15-12)14(4,5)6/h7-9H,10H2,1-6H3. The number of nitrogens with zero attached hydrogens (tertiary/aromatic N) is 1. The molecule has 0 aliphatic heterocycles. The fourth-order valence-electron chi connectivity index (χ4n) is 1.58. The van der Waals surface area contributed by atoms with E-state index in [0.717, 1.165) is 6.42 Å². The molecule has 0 amide bonds. The quantitative estimate of drug-likeness (QED) is 0.676. The Morgan fingerprint density at radius 3 is 2.13 bits per heavy atom. The van der Waals surface area contributed by atoms with Gasteiger partial charge in [-0.25, -0.2) is 0 Å². The van der Waals surface area contributed by atoms with Crippen molar-refractivity contribution in [3.05, 3.63) is 29.6 Å². The van der Waals surface area contributed by atoms with E-state index in [4.69, 9.17) is 0 Å². The summed E-state index contributed by atoms with van der Waals surface area (Å²) in [5, 5.41) is 0. The average Bonchev–Trinajstić information content (AvgIpc) is 1.99. The fraction of sp³-hybridized carbons (Fsp3) is 0.643. The normalized spacial score (nSPS) is 12.9. The third-order valence-corrected chi connectivity index (χ3v) is 2.39. The Morgan fingerprint density at radius 2 is 1.67 bits per heavy atom. The van der Waals surface area contributed by atoms with E-state index in [2.05, 4.69) is 58.7 Å². The molecular formula is C14H23N. The molecule has 1 rings (SSSR count). The predicted octanol–water partition coefficient (Wildman–Crippen LogP) is 3.97. The number of hydrogen-bond donors (Lipinski definition) is 0. The fourth-order valence-corrected chi connectivity index (χ4v) is 1.58. The van der Waals surface area contributed by atoms with Gasteiger partial charge in [0.25, 0.3) is 0 Å². The van der Waals surface area contributed by atoms with Crippen molar-refractivity contribution in [2.24, 2.45) is 5.41 Å². The van der Waals surface area contributed by atoms with E-state index in [1.165, 1.54) is 11.3 Å². The highest BCUT2D eigenvalue weighted by atomic mass is 14.7. The molecule has 0 aliphatic carbocycles. The Bertz CT molecular complexity index is 326. The smallest absolute Gasteiger partial charge is 0.0411 e. The van der Waals surface area contributed by atoms with Crippen LogP contribution in [-0.4, -0.2) is 4.98 Å². The summed E-state index contributed by atoms with van der Waals surface area (Å²) in [5.74, 6) is 0. The maximum absolute atomic E-state index is 4.44. The van der Waals surface area contributed by atoms with Gasteiger partial charge >= 0.3 is 0 Å². The van der Waals surface area contributed by atoms with Gasteiger partial charge in [-0.3, -0.25) is 4.98 Å². The van der Waals surface area contributed by atoms with E-state index in [9.17, 15) is 0 Å². The first-order valence-electron chi connectivity index (χ1n) is 5.64. The molecule has 84 valence electrons. The molecule has 1 aromatic heterocycles. The summed E-state index contributed by atoms with van der Waals surface area (Å²) in [6.45, 7) is 13.5. The Balaban J connectivity index is 2.94. The summed E-state index contributed by atoms with van der Waals surface area (Å²) < 4.78 is 0. The predicted molar refractivity (Wildman–Crippen MR) is 66.1 cm³/mol. The van der Waals surface area contributed by atoms with Crippen molar-refractivity contribution in [1.29, 1.82) is 0 Å². The number of pyridine rings is 1. The van der Waals surface area contributed by atoms with Crippen LogP contribution in [0.2, 0.25) is 0 Å². The highest BCUT2D eigenvalue weighted by Gasteiger charge is 2.16. The molecule has 1 aromatic rings. The Labute approximate surface area is 93.9 Å². The first-order valence-corrected chi connectivity index (χ1v) is 5.64. The second-order valence-electron chi connectivity index (χ2n) is 6.52. The molecule has 0 aliphatic rings. The van der Waals surface area contributed by atoms with Crippen molar-refractivity contribution < 1.29 is 0 Å². The van der Waals surface area contributed by atoms with Gasteiger partial charge in [0, 0.05) is 11.9 Å². The Hall–Kier alpha value is -0.850. The lowest BCUT2D eigenvalue weighted by Crippen LogP contribution is -2.14. The number of hydrogen-bond acceptors (Lipinski definition) is 1. The zero-order valence-corrected chi connectivity index (χ0v) is 10.9. The van der Waals surface area contributed by atoms with Crippen LogP contribution in [0, 0.1) is 5.41 Å². The lowest BCUT2D eigenvalue weighted by Gasteiger charge is -2.22. The molecule has 1 heterocycles. The van der Waals surface area contributed by atoms with Gasteiger partial charge in [0.2, 0.25) is 0 Å². The minimum atomic E-state index is 0.218. The van der Waals surface area contributed by atoms with Crippen LogP contribution in [-0.2, 0) is 11.8 Å². The lowest BCUT2D eigenvalue weighted by molar-refractivity contribution is 0.405. The van der Waals surface area contributed by atoms with Crippen LogP contribution in [0.4, 0.5) is 0 Å². The first kappa shape index (κ1) is 12.2. The zero-order valence-electron chi connectivity index (χ0n) is 10.9. The SMILES string of the molecule is CC(C)(C)Cc1cc(C(C)(C)C)ccn1. The molecular weight excluding hydrogens is 182 g/mol. The number of aromatic nitrogens is 1. The van der Waals surface area contributed by atoms with E-state index in [1.54, 1.807) is 0 Å². The van der Waals surface area contributed by atoms with Gasteiger partial charge in [-0.2, -0.15) is 0 Å². The molecule has 0 unspecified atom stereocenters. The first-order chi connectivity index (χ1) is 6.68. The molecule has 0 radical (unpaired) electrons. The number of rotatable bonds is 1. The maximum Gasteiger partial charge on any atom is 0.0411 e. The summed E-state index contributed by atoms with van der Waals surface area (Å²) >= 11 is 0. The average molecular weight is 205 g/mol. The van der Waals surface area contributed by atoms with Crippen LogP contribution >= 0.6 is 0 Å². The molecule has 0 saturated heterocycles. The molecule has 0 atom stereocenters. The van der Waals surface area contributed by atoms with Crippen LogP contribution in [0.15, 0.2) is 18.3 Å². The summed E-state index contributed by atoms with van der Waals surface area (Å²) in [6.07, 6.45) is 2.97. The third kappa shape index (κ3) is 4.03. The molecule has 0 aromatic carbocycles. The van der Waals surface area contributed by atoms with Gasteiger partial charge in [-0.15, -0.1) is 0 Å². The van der Waals surface area contributed by atoms with Crippen molar-refractivity contribution in [2.75, 3.05) is 0 Å². The van der Waals surface area contributed by atoms with Gasteiger partial charge in [-0.1, -0.05) is 41.5 Å². The monoisotopic (exact) mass is 205 g/mol. The molecule has 0 N–H and O–H groups in total. The van der Waals surface area contributed by atoms with Crippen molar-refractivity contribution in [1.82, 2.24) is 4.98 Å². The van der Waals surface area contributed by atoms with E-state index >= 15 is 0 Å². The van der Waals surface area contributed by atoms with Crippen LogP contribution in [0.5, 0.6) is 0 Å². The van der Waals surface area contributed by atoms with E-state index < -0.39 is 0 Å². The highest BCUT2D eigenvalue weighted by Crippen LogP contribution is 2.25. The van der Waals surface area contributed by atoms with Crippen LogP contribution in [0.3, 0.4) is 0 Å². The van der Waals surface area contributed by atoms with Gasteiger partial charge in [0.05, 0.1) is 0 Å². The van der Waals surface area contributed by atoms with Crippen molar-refractivity contribution in [2.45, 2.75) is 53.4 Å². The summed E-state index contributed by atoms with van der Waals surface area (Å²) in [6, 6.07) is 4.36. The lowest BCUT2D eigenvalue weighted by atomic mass is 9.85. The van der Waals surface area contributed by atoms with Crippen molar-refractivity contribution in [3.63, 3.8) is 0 Å². The summed E-state index contributed by atoms with van der Waals surface area (Å²) in [7, 11) is 0. The Kier molecular flexibility index (Phi) is 3.22. The second kappa shape index (κ2) is 3.96. The molecule has 0 saturated carbocycles. The van der Waals surface area contributed by atoms with Crippen LogP contribution < -0.4 is 0 Å². The van der Waals surface area contributed by atoms with Gasteiger partial charge in [0.15, 0.2) is 0 Å². The van der Waals surface area contributed by atoms with Gasteiger partial charge in [0.1, 0.15) is 0 Å². The topological polar surface area (TPSA) is 12.9 Å². The Morgan fingerprint density at radius 1 is 1.07 bits per heavy atom. The zero-order chi connectivity index (χ0) is 11.7. The molecule has 1 nitrogen and oxygen atoms in total. The molecule has 15 heavy (non-hydrogen) atoms. The molecule has 0 bridgehead atoms. The van der Waals surface area contributed by atoms with Gasteiger partial charge in [-0.05, 0) is 34.9 Å². The molecule has 0 fully saturated rings. The van der Waals surface area contributed by atoms with Gasteiger partial charge < -0.3 is 0 Å². The second-order valence-corrected chi connectivity index (χ2v) is 6.52.